The first-order chi connectivity index (χ1) is 9.40. The molecule has 2 aromatic rings. The van der Waals surface area contributed by atoms with Gasteiger partial charge in [0.15, 0.2) is 0 Å². The van der Waals surface area contributed by atoms with Crippen molar-refractivity contribution in [3.8, 4) is 6.07 Å². The van der Waals surface area contributed by atoms with E-state index in [1.807, 2.05) is 24.3 Å². The Morgan fingerprint density at radius 3 is 2.70 bits per heavy atom. The summed E-state index contributed by atoms with van der Waals surface area (Å²) in [6.07, 6.45) is 1.19. The SMILES string of the molecule is CN(CCS(C)(=O)=O)c1nc2ccccc2cc1C#N. The molecule has 20 heavy (non-hydrogen) atoms. The van der Waals surface area contributed by atoms with Crippen LogP contribution in [0.15, 0.2) is 30.3 Å². The summed E-state index contributed by atoms with van der Waals surface area (Å²) in [5.41, 5.74) is 1.23. The Hall–Kier alpha value is -2.13. The van der Waals surface area contributed by atoms with E-state index in [4.69, 9.17) is 0 Å². The predicted octanol–water partition coefficient (Wildman–Crippen LogP) is 1.59. The second-order valence-electron chi connectivity index (χ2n) is 4.72. The molecule has 0 atom stereocenters. The van der Waals surface area contributed by atoms with Gasteiger partial charge in [0.1, 0.15) is 21.7 Å². The van der Waals surface area contributed by atoms with Crippen molar-refractivity contribution < 1.29 is 8.42 Å². The van der Waals surface area contributed by atoms with Crippen LogP contribution in [0.1, 0.15) is 5.56 Å². The molecule has 0 N–H and O–H groups in total. The van der Waals surface area contributed by atoms with Crippen LogP contribution in [-0.2, 0) is 9.84 Å². The molecule has 0 saturated heterocycles. The number of aromatic nitrogens is 1. The van der Waals surface area contributed by atoms with E-state index < -0.39 is 9.84 Å². The lowest BCUT2D eigenvalue weighted by Gasteiger charge is -2.19. The Kier molecular flexibility index (Phi) is 3.91. The largest absolute Gasteiger partial charge is 0.358 e. The summed E-state index contributed by atoms with van der Waals surface area (Å²) in [6.45, 7) is 0.304. The zero-order valence-corrected chi connectivity index (χ0v) is 12.2. The predicted molar refractivity (Wildman–Crippen MR) is 79.4 cm³/mol. The molecule has 0 amide bonds. The number of anilines is 1. The second kappa shape index (κ2) is 5.47. The number of rotatable bonds is 4. The molecule has 0 fully saturated rings. The van der Waals surface area contributed by atoms with Gasteiger partial charge in [0.05, 0.1) is 16.8 Å². The van der Waals surface area contributed by atoms with Crippen molar-refractivity contribution in [2.24, 2.45) is 0 Å². The summed E-state index contributed by atoms with van der Waals surface area (Å²) in [4.78, 5) is 6.16. The lowest BCUT2D eigenvalue weighted by atomic mass is 10.1. The molecule has 1 aromatic heterocycles. The van der Waals surface area contributed by atoms with Crippen molar-refractivity contribution in [3.63, 3.8) is 0 Å². The number of hydrogen-bond donors (Lipinski definition) is 0. The van der Waals surface area contributed by atoms with Crippen LogP contribution >= 0.6 is 0 Å². The van der Waals surface area contributed by atoms with Gasteiger partial charge in [0.2, 0.25) is 0 Å². The maximum Gasteiger partial charge on any atom is 0.149 e. The maximum absolute atomic E-state index is 11.2. The lowest BCUT2D eigenvalue weighted by molar-refractivity contribution is 0.601. The van der Waals surface area contributed by atoms with E-state index in [0.717, 1.165) is 10.9 Å². The summed E-state index contributed by atoms with van der Waals surface area (Å²) in [5, 5.41) is 10.1. The van der Waals surface area contributed by atoms with E-state index in [0.29, 0.717) is 17.9 Å². The van der Waals surface area contributed by atoms with Crippen molar-refractivity contribution in [2.45, 2.75) is 0 Å². The van der Waals surface area contributed by atoms with Gasteiger partial charge in [0.25, 0.3) is 0 Å². The molecule has 1 aromatic carbocycles. The van der Waals surface area contributed by atoms with Gasteiger partial charge in [-0.05, 0) is 12.1 Å². The topological polar surface area (TPSA) is 74.1 Å². The van der Waals surface area contributed by atoms with Crippen LogP contribution < -0.4 is 4.90 Å². The van der Waals surface area contributed by atoms with Crippen molar-refractivity contribution >= 4 is 26.6 Å². The monoisotopic (exact) mass is 289 g/mol. The van der Waals surface area contributed by atoms with Crippen LogP contribution in [0.4, 0.5) is 5.82 Å². The van der Waals surface area contributed by atoms with E-state index in [2.05, 4.69) is 11.1 Å². The third-order valence-electron chi connectivity index (χ3n) is 2.98. The molecule has 0 unspecified atom stereocenters. The van der Waals surface area contributed by atoms with E-state index in [1.165, 1.54) is 6.26 Å². The van der Waals surface area contributed by atoms with Gasteiger partial charge < -0.3 is 4.90 Å². The molecule has 0 aliphatic carbocycles. The summed E-state index contributed by atoms with van der Waals surface area (Å²) in [5.74, 6) is 0.540. The van der Waals surface area contributed by atoms with Crippen LogP contribution in [-0.4, -0.2) is 39.0 Å². The third-order valence-corrected chi connectivity index (χ3v) is 3.91. The van der Waals surface area contributed by atoms with Crippen molar-refractivity contribution in [3.05, 3.63) is 35.9 Å². The number of para-hydroxylation sites is 1. The van der Waals surface area contributed by atoms with Crippen LogP contribution in [0.2, 0.25) is 0 Å². The number of nitriles is 1. The maximum atomic E-state index is 11.2. The summed E-state index contributed by atoms with van der Waals surface area (Å²) in [7, 11) is -1.30. The first-order valence-corrected chi connectivity index (χ1v) is 8.15. The minimum Gasteiger partial charge on any atom is -0.358 e. The van der Waals surface area contributed by atoms with Gasteiger partial charge in [-0.3, -0.25) is 0 Å². The first-order valence-electron chi connectivity index (χ1n) is 6.09. The molecule has 0 radical (unpaired) electrons. The number of benzene rings is 1. The number of nitrogens with zero attached hydrogens (tertiary/aromatic N) is 3. The zero-order valence-electron chi connectivity index (χ0n) is 11.4. The molecule has 0 saturated carbocycles. The molecule has 6 heteroatoms. The van der Waals surface area contributed by atoms with E-state index in [9.17, 15) is 13.7 Å². The van der Waals surface area contributed by atoms with Crippen LogP contribution in [0.25, 0.3) is 10.9 Å². The van der Waals surface area contributed by atoms with E-state index in [-0.39, 0.29) is 5.75 Å². The fourth-order valence-electron chi connectivity index (χ4n) is 1.89. The van der Waals surface area contributed by atoms with Crippen molar-refractivity contribution in [1.82, 2.24) is 4.98 Å². The van der Waals surface area contributed by atoms with E-state index >= 15 is 0 Å². The Balaban J connectivity index is 2.39. The minimum absolute atomic E-state index is 0.0306. The molecule has 2 rings (SSSR count). The molecular formula is C14H15N3O2S. The first kappa shape index (κ1) is 14.3. The summed E-state index contributed by atoms with van der Waals surface area (Å²) in [6, 6.07) is 11.4. The van der Waals surface area contributed by atoms with Gasteiger partial charge in [-0.15, -0.1) is 0 Å². The third kappa shape index (κ3) is 3.25. The molecule has 0 spiro atoms. The Bertz CT molecular complexity index is 779. The zero-order chi connectivity index (χ0) is 14.8. The number of fused-ring (bicyclic) bond motifs is 1. The highest BCUT2D eigenvalue weighted by Crippen LogP contribution is 2.22. The highest BCUT2D eigenvalue weighted by molar-refractivity contribution is 7.90. The summed E-state index contributed by atoms with van der Waals surface area (Å²) < 4.78 is 22.4. The molecule has 0 aliphatic rings. The van der Waals surface area contributed by atoms with Crippen LogP contribution in [0.5, 0.6) is 0 Å². The van der Waals surface area contributed by atoms with Gasteiger partial charge >= 0.3 is 0 Å². The number of hydrogen-bond acceptors (Lipinski definition) is 5. The fourth-order valence-corrected chi connectivity index (χ4v) is 2.49. The molecule has 0 aliphatic heterocycles. The molecule has 1 heterocycles. The normalized spacial score (nSPS) is 11.2. The number of pyridine rings is 1. The van der Waals surface area contributed by atoms with Gasteiger partial charge in [0, 0.05) is 25.2 Å². The lowest BCUT2D eigenvalue weighted by Crippen LogP contribution is -2.26. The van der Waals surface area contributed by atoms with Gasteiger partial charge in [-0.2, -0.15) is 5.26 Å². The smallest absolute Gasteiger partial charge is 0.149 e. The fraction of sp³-hybridized carbons (Fsp3) is 0.286. The highest BCUT2D eigenvalue weighted by Gasteiger charge is 2.13. The van der Waals surface area contributed by atoms with Crippen LogP contribution in [0.3, 0.4) is 0 Å². The quantitative estimate of drug-likeness (QED) is 0.854. The molecule has 0 bridgehead atoms. The average molecular weight is 289 g/mol. The minimum atomic E-state index is -3.04. The summed E-state index contributed by atoms with van der Waals surface area (Å²) >= 11 is 0. The van der Waals surface area contributed by atoms with Gasteiger partial charge in [-0.1, -0.05) is 18.2 Å². The molecule has 5 nitrogen and oxygen atoms in total. The van der Waals surface area contributed by atoms with Crippen molar-refractivity contribution in [1.29, 1.82) is 5.26 Å². The molecular weight excluding hydrogens is 274 g/mol. The second-order valence-corrected chi connectivity index (χ2v) is 6.98. The Labute approximate surface area is 118 Å². The number of sulfone groups is 1. The standard InChI is InChI=1S/C14H15N3O2S/c1-17(7-8-20(2,18)19)14-12(10-15)9-11-5-3-4-6-13(11)16-14/h3-6,9H,7-8H2,1-2H3. The Morgan fingerprint density at radius 2 is 2.05 bits per heavy atom. The van der Waals surface area contributed by atoms with Crippen molar-refractivity contribution in [2.75, 3.05) is 30.5 Å². The molecule has 104 valence electrons. The highest BCUT2D eigenvalue weighted by atomic mass is 32.2. The Morgan fingerprint density at radius 1 is 1.35 bits per heavy atom. The van der Waals surface area contributed by atoms with Gasteiger partial charge in [-0.25, -0.2) is 13.4 Å². The average Bonchev–Trinajstić information content (AvgIpc) is 2.42. The van der Waals surface area contributed by atoms with E-state index in [1.54, 1.807) is 18.0 Å². The van der Waals surface area contributed by atoms with Crippen LogP contribution in [0, 0.1) is 11.3 Å².